The molecule has 1 saturated heterocycles. The third-order valence-corrected chi connectivity index (χ3v) is 5.02. The third-order valence-electron chi connectivity index (χ3n) is 5.02. The van der Waals surface area contributed by atoms with Crippen LogP contribution in [0.1, 0.15) is 18.5 Å². The maximum atomic E-state index is 12.5. The fourth-order valence-corrected chi connectivity index (χ4v) is 3.42. The summed E-state index contributed by atoms with van der Waals surface area (Å²) in [4.78, 5) is 32.0. The van der Waals surface area contributed by atoms with Gasteiger partial charge in [0.1, 0.15) is 5.82 Å². The molecule has 0 atom stereocenters. The van der Waals surface area contributed by atoms with Crippen LogP contribution >= 0.6 is 0 Å². The molecule has 0 unspecified atom stereocenters. The van der Waals surface area contributed by atoms with Crippen LogP contribution in [0.25, 0.3) is 11.3 Å². The summed E-state index contributed by atoms with van der Waals surface area (Å²) >= 11 is 0. The van der Waals surface area contributed by atoms with Crippen molar-refractivity contribution >= 4 is 5.82 Å². The van der Waals surface area contributed by atoms with Crippen LogP contribution in [-0.4, -0.2) is 37.6 Å². The predicted octanol–water partition coefficient (Wildman–Crippen LogP) is 2.32. The normalized spacial score (nSPS) is 15.1. The van der Waals surface area contributed by atoms with E-state index in [2.05, 4.69) is 24.8 Å². The highest BCUT2D eigenvalue weighted by Gasteiger charge is 2.21. The van der Waals surface area contributed by atoms with Crippen molar-refractivity contribution in [2.75, 3.05) is 18.0 Å². The fraction of sp³-hybridized carbons (Fsp3) is 0.350. The zero-order valence-electron chi connectivity index (χ0n) is 15.3. The Morgan fingerprint density at radius 1 is 1.07 bits per heavy atom. The lowest BCUT2D eigenvalue weighted by Gasteiger charge is -2.32. The zero-order valence-corrected chi connectivity index (χ0v) is 15.3. The van der Waals surface area contributed by atoms with E-state index >= 15 is 0 Å². The average Bonchev–Trinajstić information content (AvgIpc) is 2.71. The van der Waals surface area contributed by atoms with E-state index in [9.17, 15) is 4.79 Å². The Morgan fingerprint density at radius 3 is 2.52 bits per heavy atom. The van der Waals surface area contributed by atoms with Crippen LogP contribution in [0, 0.1) is 12.8 Å². The molecule has 0 saturated carbocycles. The van der Waals surface area contributed by atoms with Crippen LogP contribution in [0.3, 0.4) is 0 Å². The zero-order chi connectivity index (χ0) is 18.6. The largest absolute Gasteiger partial charge is 0.355 e. The number of aromatic nitrogens is 5. The van der Waals surface area contributed by atoms with Crippen LogP contribution in [0.5, 0.6) is 0 Å². The molecule has 0 N–H and O–H groups in total. The molecule has 1 aliphatic rings. The minimum absolute atomic E-state index is 0.0105. The first kappa shape index (κ1) is 17.3. The average molecular weight is 362 g/mol. The van der Waals surface area contributed by atoms with Gasteiger partial charge in [-0.1, -0.05) is 0 Å². The molecule has 4 heterocycles. The summed E-state index contributed by atoms with van der Waals surface area (Å²) in [6, 6.07) is 5.32. The summed E-state index contributed by atoms with van der Waals surface area (Å²) < 4.78 is 1.72. The van der Waals surface area contributed by atoms with Gasteiger partial charge in [-0.15, -0.1) is 0 Å². The van der Waals surface area contributed by atoms with E-state index in [4.69, 9.17) is 0 Å². The highest BCUT2D eigenvalue weighted by Crippen LogP contribution is 2.22. The maximum Gasteiger partial charge on any atom is 0.253 e. The van der Waals surface area contributed by atoms with Gasteiger partial charge in [0.15, 0.2) is 0 Å². The molecule has 7 heteroatoms. The van der Waals surface area contributed by atoms with Crippen LogP contribution in [0.15, 0.2) is 54.1 Å². The number of piperidine rings is 1. The van der Waals surface area contributed by atoms with Crippen LogP contribution in [0.2, 0.25) is 0 Å². The summed E-state index contributed by atoms with van der Waals surface area (Å²) in [5.74, 6) is 1.39. The first-order chi connectivity index (χ1) is 13.2. The highest BCUT2D eigenvalue weighted by molar-refractivity contribution is 5.57. The number of rotatable bonds is 4. The number of pyridine rings is 1. The second-order valence-corrected chi connectivity index (χ2v) is 6.95. The molecule has 0 bridgehead atoms. The molecule has 1 fully saturated rings. The van der Waals surface area contributed by atoms with Crippen LogP contribution in [-0.2, 0) is 6.54 Å². The lowest BCUT2D eigenvalue weighted by molar-refractivity contribution is 0.350. The Labute approximate surface area is 157 Å². The van der Waals surface area contributed by atoms with Gasteiger partial charge < -0.3 is 4.90 Å². The summed E-state index contributed by atoms with van der Waals surface area (Å²) in [5, 5.41) is 0. The molecule has 0 radical (unpaired) electrons. The van der Waals surface area contributed by atoms with E-state index in [1.807, 2.05) is 25.3 Å². The van der Waals surface area contributed by atoms with Crippen molar-refractivity contribution in [1.82, 2.24) is 24.5 Å². The topological polar surface area (TPSA) is 76.8 Å². The molecule has 1 aliphatic heterocycles. The number of hydrogen-bond acceptors (Lipinski definition) is 6. The summed E-state index contributed by atoms with van der Waals surface area (Å²) in [5.41, 5.74) is 2.51. The van der Waals surface area contributed by atoms with Gasteiger partial charge in [0.05, 0.1) is 30.1 Å². The van der Waals surface area contributed by atoms with Crippen molar-refractivity contribution in [2.45, 2.75) is 26.3 Å². The van der Waals surface area contributed by atoms with Crippen molar-refractivity contribution in [1.29, 1.82) is 0 Å². The first-order valence-electron chi connectivity index (χ1n) is 9.19. The Balaban J connectivity index is 1.39. The van der Waals surface area contributed by atoms with Gasteiger partial charge in [0, 0.05) is 43.7 Å². The van der Waals surface area contributed by atoms with E-state index < -0.39 is 0 Å². The van der Waals surface area contributed by atoms with Gasteiger partial charge in [-0.3, -0.25) is 19.3 Å². The molecule has 0 spiro atoms. The molecule has 4 rings (SSSR count). The molecule has 7 nitrogen and oxygen atoms in total. The van der Waals surface area contributed by atoms with Crippen molar-refractivity contribution in [3.63, 3.8) is 0 Å². The Bertz CT molecular complexity index is 946. The maximum absolute atomic E-state index is 12.5. The molecular weight excluding hydrogens is 340 g/mol. The molecule has 3 aromatic rings. The Morgan fingerprint density at radius 2 is 1.85 bits per heavy atom. The van der Waals surface area contributed by atoms with E-state index in [0.717, 1.165) is 43.0 Å². The van der Waals surface area contributed by atoms with E-state index in [-0.39, 0.29) is 5.56 Å². The highest BCUT2D eigenvalue weighted by atomic mass is 16.1. The standard InChI is InChI=1S/C20H22N6O/c1-15-11-23-19(12-22-15)25-8-4-16(5-9-25)13-26-14-24-18(10-20(26)27)17-2-6-21-7-3-17/h2-3,6-7,10-12,14,16H,4-5,8-9,13H2,1H3. The fourth-order valence-electron chi connectivity index (χ4n) is 3.42. The number of hydrogen-bond donors (Lipinski definition) is 0. The van der Waals surface area contributed by atoms with Gasteiger partial charge in [-0.2, -0.15) is 0 Å². The third kappa shape index (κ3) is 4.02. The number of nitrogens with zero attached hydrogens (tertiary/aromatic N) is 6. The number of anilines is 1. The minimum Gasteiger partial charge on any atom is -0.355 e. The quantitative estimate of drug-likeness (QED) is 0.709. The van der Waals surface area contributed by atoms with E-state index in [1.54, 1.807) is 35.6 Å². The van der Waals surface area contributed by atoms with Gasteiger partial charge in [0.2, 0.25) is 0 Å². The smallest absolute Gasteiger partial charge is 0.253 e. The SMILES string of the molecule is Cc1cnc(N2CCC(Cn3cnc(-c4ccncc4)cc3=O)CC2)cn1. The van der Waals surface area contributed by atoms with Crippen molar-refractivity contribution < 1.29 is 0 Å². The van der Waals surface area contributed by atoms with Crippen LogP contribution < -0.4 is 10.5 Å². The van der Waals surface area contributed by atoms with Crippen LogP contribution in [0.4, 0.5) is 5.82 Å². The lowest BCUT2D eigenvalue weighted by atomic mass is 9.96. The molecule has 138 valence electrons. The summed E-state index contributed by atoms with van der Waals surface area (Å²) in [6.45, 7) is 4.50. The van der Waals surface area contributed by atoms with Gasteiger partial charge in [-0.25, -0.2) is 9.97 Å². The Hall–Kier alpha value is -3.09. The van der Waals surface area contributed by atoms with E-state index in [1.165, 1.54) is 0 Å². The van der Waals surface area contributed by atoms with Gasteiger partial charge in [0.25, 0.3) is 5.56 Å². The molecule has 0 aromatic carbocycles. The monoisotopic (exact) mass is 362 g/mol. The first-order valence-corrected chi connectivity index (χ1v) is 9.19. The molecular formula is C20H22N6O. The van der Waals surface area contributed by atoms with Gasteiger partial charge in [-0.05, 0) is 37.8 Å². The lowest BCUT2D eigenvalue weighted by Crippen LogP contribution is -2.36. The molecule has 27 heavy (non-hydrogen) atoms. The van der Waals surface area contributed by atoms with E-state index in [0.29, 0.717) is 18.2 Å². The van der Waals surface area contributed by atoms with Crippen molar-refractivity contribution in [2.24, 2.45) is 5.92 Å². The minimum atomic E-state index is -0.0105. The molecule has 0 amide bonds. The molecule has 0 aliphatic carbocycles. The predicted molar refractivity (Wildman–Crippen MR) is 103 cm³/mol. The van der Waals surface area contributed by atoms with Crippen molar-refractivity contribution in [3.05, 3.63) is 65.4 Å². The Kier molecular flexibility index (Phi) is 4.91. The molecule has 3 aromatic heterocycles. The second-order valence-electron chi connectivity index (χ2n) is 6.95. The van der Waals surface area contributed by atoms with Crippen molar-refractivity contribution in [3.8, 4) is 11.3 Å². The second kappa shape index (κ2) is 7.65. The number of aryl methyl sites for hydroxylation is 1. The summed E-state index contributed by atoms with van der Waals surface area (Å²) in [6.07, 6.45) is 10.8. The summed E-state index contributed by atoms with van der Waals surface area (Å²) in [7, 11) is 0. The van der Waals surface area contributed by atoms with Gasteiger partial charge >= 0.3 is 0 Å².